The van der Waals surface area contributed by atoms with Crippen LogP contribution in [0.1, 0.15) is 31.8 Å². The zero-order valence-electron chi connectivity index (χ0n) is 16.1. The fourth-order valence-corrected chi connectivity index (χ4v) is 3.79. The molecule has 2 unspecified atom stereocenters. The van der Waals surface area contributed by atoms with E-state index in [4.69, 9.17) is 9.72 Å². The number of aryl methyl sites for hydroxylation is 1. The van der Waals surface area contributed by atoms with Crippen molar-refractivity contribution in [3.63, 3.8) is 0 Å². The number of aromatic nitrogens is 7. The predicted molar refractivity (Wildman–Crippen MR) is 100 cm³/mol. The number of hydrogen-bond donors (Lipinski definition) is 0. The number of rotatable bonds is 4. The first kappa shape index (κ1) is 17.7. The van der Waals surface area contributed by atoms with E-state index in [1.807, 2.05) is 13.0 Å². The third kappa shape index (κ3) is 3.46. The summed E-state index contributed by atoms with van der Waals surface area (Å²) in [6.07, 6.45) is 3.03. The van der Waals surface area contributed by atoms with Gasteiger partial charge in [-0.2, -0.15) is 9.50 Å². The summed E-state index contributed by atoms with van der Waals surface area (Å²) in [4.78, 5) is 15.8. The first-order chi connectivity index (χ1) is 13.0. The molecule has 1 aliphatic heterocycles. The van der Waals surface area contributed by atoms with Gasteiger partial charge in [-0.25, -0.2) is 9.97 Å². The van der Waals surface area contributed by atoms with E-state index in [0.717, 1.165) is 30.4 Å². The summed E-state index contributed by atoms with van der Waals surface area (Å²) in [5, 5.41) is 13.0. The molecule has 27 heavy (non-hydrogen) atoms. The van der Waals surface area contributed by atoms with E-state index in [2.05, 4.69) is 44.0 Å². The van der Waals surface area contributed by atoms with Gasteiger partial charge in [0.2, 0.25) is 5.95 Å². The summed E-state index contributed by atoms with van der Waals surface area (Å²) in [6.45, 7) is 8.77. The molecule has 0 amide bonds. The fraction of sp³-hybridized carbons (Fsp3) is 0.556. The molecule has 0 bridgehead atoms. The normalized spacial score (nSPS) is 20.4. The van der Waals surface area contributed by atoms with Crippen molar-refractivity contribution in [3.8, 4) is 11.4 Å². The van der Waals surface area contributed by atoms with Gasteiger partial charge in [0.05, 0.1) is 11.4 Å². The summed E-state index contributed by atoms with van der Waals surface area (Å²) in [5.74, 6) is 3.04. The van der Waals surface area contributed by atoms with Gasteiger partial charge in [-0.05, 0) is 31.2 Å². The van der Waals surface area contributed by atoms with Crippen molar-refractivity contribution in [1.82, 2.24) is 34.8 Å². The Morgan fingerprint density at radius 2 is 1.93 bits per heavy atom. The molecule has 2 atom stereocenters. The molecule has 3 aromatic rings. The first-order valence-electron chi connectivity index (χ1n) is 9.21. The maximum Gasteiger partial charge on any atom is 0.272 e. The number of anilines is 1. The molecule has 0 radical (unpaired) electrons. The van der Waals surface area contributed by atoms with Crippen LogP contribution in [0.4, 0.5) is 5.95 Å². The fourth-order valence-electron chi connectivity index (χ4n) is 3.79. The molecule has 4 heterocycles. The SMILES string of the molecule is COCc1nc2nnc(-c3ccnc(N4CC(C)CC(C)C4)n3)c(C)n2n1. The molecule has 0 saturated carbocycles. The Morgan fingerprint density at radius 1 is 1.15 bits per heavy atom. The summed E-state index contributed by atoms with van der Waals surface area (Å²) >= 11 is 0. The Hall–Kier alpha value is -2.68. The highest BCUT2D eigenvalue weighted by Gasteiger charge is 2.24. The largest absolute Gasteiger partial charge is 0.377 e. The van der Waals surface area contributed by atoms with Crippen molar-refractivity contribution in [1.29, 1.82) is 0 Å². The van der Waals surface area contributed by atoms with Gasteiger partial charge in [-0.1, -0.05) is 13.8 Å². The molecule has 9 heteroatoms. The van der Waals surface area contributed by atoms with Gasteiger partial charge in [0.15, 0.2) is 5.82 Å². The van der Waals surface area contributed by atoms with E-state index in [1.54, 1.807) is 17.8 Å². The number of fused-ring (bicyclic) bond motifs is 1. The lowest BCUT2D eigenvalue weighted by Crippen LogP contribution is -2.39. The van der Waals surface area contributed by atoms with E-state index in [0.29, 0.717) is 35.7 Å². The summed E-state index contributed by atoms with van der Waals surface area (Å²) < 4.78 is 6.78. The van der Waals surface area contributed by atoms with Crippen LogP contribution < -0.4 is 4.90 Å². The van der Waals surface area contributed by atoms with Crippen molar-refractivity contribution in [3.05, 3.63) is 23.8 Å². The first-order valence-corrected chi connectivity index (χ1v) is 9.21. The van der Waals surface area contributed by atoms with Crippen molar-refractivity contribution in [2.75, 3.05) is 25.1 Å². The van der Waals surface area contributed by atoms with Gasteiger partial charge < -0.3 is 9.64 Å². The number of nitrogens with zero attached hydrogens (tertiary/aromatic N) is 8. The van der Waals surface area contributed by atoms with Gasteiger partial charge in [0.1, 0.15) is 12.3 Å². The lowest BCUT2D eigenvalue weighted by molar-refractivity contribution is 0.178. The van der Waals surface area contributed by atoms with Crippen molar-refractivity contribution < 1.29 is 4.74 Å². The van der Waals surface area contributed by atoms with Gasteiger partial charge in [-0.3, -0.25) is 0 Å². The van der Waals surface area contributed by atoms with Gasteiger partial charge in [0, 0.05) is 26.4 Å². The highest BCUT2D eigenvalue weighted by molar-refractivity contribution is 5.58. The average Bonchev–Trinajstić information content (AvgIpc) is 3.05. The lowest BCUT2D eigenvalue weighted by atomic mass is 9.92. The topological polar surface area (TPSA) is 94.2 Å². The van der Waals surface area contributed by atoms with E-state index < -0.39 is 0 Å². The molecule has 0 aromatic carbocycles. The van der Waals surface area contributed by atoms with Crippen LogP contribution in [0.15, 0.2) is 12.3 Å². The van der Waals surface area contributed by atoms with Crippen LogP contribution in [0.5, 0.6) is 0 Å². The Kier molecular flexibility index (Phi) is 4.69. The van der Waals surface area contributed by atoms with Crippen LogP contribution in [0.3, 0.4) is 0 Å². The molecule has 0 spiro atoms. The van der Waals surface area contributed by atoms with E-state index >= 15 is 0 Å². The molecule has 0 N–H and O–H groups in total. The summed E-state index contributed by atoms with van der Waals surface area (Å²) in [5.41, 5.74) is 2.25. The molecule has 1 aliphatic rings. The van der Waals surface area contributed by atoms with E-state index in [-0.39, 0.29) is 0 Å². The maximum atomic E-state index is 5.10. The van der Waals surface area contributed by atoms with Crippen LogP contribution in [-0.2, 0) is 11.3 Å². The number of piperidine rings is 1. The Labute approximate surface area is 157 Å². The molecule has 1 saturated heterocycles. The minimum Gasteiger partial charge on any atom is -0.377 e. The second-order valence-electron chi connectivity index (χ2n) is 7.40. The summed E-state index contributed by atoms with van der Waals surface area (Å²) in [7, 11) is 1.61. The second-order valence-corrected chi connectivity index (χ2v) is 7.40. The highest BCUT2D eigenvalue weighted by atomic mass is 16.5. The van der Waals surface area contributed by atoms with Crippen molar-refractivity contribution in [2.24, 2.45) is 11.8 Å². The molecular weight excluding hydrogens is 344 g/mol. The monoisotopic (exact) mass is 368 g/mol. The summed E-state index contributed by atoms with van der Waals surface area (Å²) in [6, 6.07) is 1.86. The zero-order valence-corrected chi connectivity index (χ0v) is 16.1. The number of ether oxygens (including phenoxy) is 1. The third-order valence-electron chi connectivity index (χ3n) is 4.84. The smallest absolute Gasteiger partial charge is 0.272 e. The molecule has 0 aliphatic carbocycles. The Balaban J connectivity index is 1.70. The molecule has 1 fully saturated rings. The quantitative estimate of drug-likeness (QED) is 0.689. The van der Waals surface area contributed by atoms with Gasteiger partial charge in [-0.15, -0.1) is 15.3 Å². The maximum absolute atomic E-state index is 5.10. The van der Waals surface area contributed by atoms with E-state index in [9.17, 15) is 0 Å². The molecule has 9 nitrogen and oxygen atoms in total. The highest BCUT2D eigenvalue weighted by Crippen LogP contribution is 2.26. The second kappa shape index (κ2) is 7.15. The van der Waals surface area contributed by atoms with Crippen molar-refractivity contribution in [2.45, 2.75) is 33.8 Å². The predicted octanol–water partition coefficient (Wildman–Crippen LogP) is 1.91. The minimum atomic E-state index is 0.334. The van der Waals surface area contributed by atoms with Crippen LogP contribution in [0, 0.1) is 18.8 Å². The standard InChI is InChI=1S/C18H24N8O/c1-11-7-12(2)9-25(8-11)17-19-6-5-14(20-17)16-13(3)26-18(23-22-16)21-15(24-26)10-27-4/h5-6,11-12H,7-10H2,1-4H3. The lowest BCUT2D eigenvalue weighted by Gasteiger charge is -2.35. The number of methoxy groups -OCH3 is 1. The van der Waals surface area contributed by atoms with Crippen molar-refractivity contribution >= 4 is 11.7 Å². The number of hydrogen-bond acceptors (Lipinski definition) is 8. The minimum absolute atomic E-state index is 0.334. The average molecular weight is 368 g/mol. The van der Waals surface area contributed by atoms with Crippen LogP contribution in [0.2, 0.25) is 0 Å². The Morgan fingerprint density at radius 3 is 2.67 bits per heavy atom. The van der Waals surface area contributed by atoms with Gasteiger partial charge >= 0.3 is 0 Å². The molecule has 4 rings (SSSR count). The Bertz CT molecular complexity index is 946. The van der Waals surface area contributed by atoms with Crippen LogP contribution in [0.25, 0.3) is 17.2 Å². The van der Waals surface area contributed by atoms with Crippen LogP contribution in [-0.4, -0.2) is 55.0 Å². The molecular formula is C18H24N8O. The molecule has 142 valence electrons. The molecule has 3 aromatic heterocycles. The van der Waals surface area contributed by atoms with Crippen LogP contribution >= 0.6 is 0 Å². The third-order valence-corrected chi connectivity index (χ3v) is 4.84. The zero-order chi connectivity index (χ0) is 19.0. The van der Waals surface area contributed by atoms with Gasteiger partial charge in [0.25, 0.3) is 5.78 Å². The van der Waals surface area contributed by atoms with E-state index in [1.165, 1.54) is 6.42 Å².